The van der Waals surface area contributed by atoms with E-state index in [2.05, 4.69) is 6.58 Å². The Morgan fingerprint density at radius 3 is 2.59 bits per heavy atom. The summed E-state index contributed by atoms with van der Waals surface area (Å²) in [4.78, 5) is 26.8. The molecule has 0 N–H and O–H groups in total. The molecular formula is C13H20N2O2. The highest BCUT2D eigenvalue weighted by atomic mass is 16.2. The third-order valence-corrected chi connectivity index (χ3v) is 3.75. The van der Waals surface area contributed by atoms with Gasteiger partial charge in [0.25, 0.3) is 0 Å². The summed E-state index contributed by atoms with van der Waals surface area (Å²) in [6.07, 6.45) is 5.11. The SMILES string of the molecule is C=CC(=O)N1CCC(CN2CCCC2=O)CC1. The van der Waals surface area contributed by atoms with E-state index in [1.54, 1.807) is 0 Å². The van der Waals surface area contributed by atoms with E-state index in [1.807, 2.05) is 9.80 Å². The highest BCUT2D eigenvalue weighted by Gasteiger charge is 2.26. The molecule has 17 heavy (non-hydrogen) atoms. The first kappa shape index (κ1) is 12.1. The second kappa shape index (κ2) is 5.34. The monoisotopic (exact) mass is 236 g/mol. The summed E-state index contributed by atoms with van der Waals surface area (Å²) in [5, 5.41) is 0. The molecule has 2 saturated heterocycles. The number of rotatable bonds is 3. The summed E-state index contributed by atoms with van der Waals surface area (Å²) >= 11 is 0. The molecule has 0 saturated carbocycles. The maximum atomic E-state index is 11.5. The molecule has 0 unspecified atom stereocenters. The Morgan fingerprint density at radius 2 is 2.06 bits per heavy atom. The zero-order valence-electron chi connectivity index (χ0n) is 10.2. The van der Waals surface area contributed by atoms with Crippen molar-refractivity contribution >= 4 is 11.8 Å². The van der Waals surface area contributed by atoms with E-state index < -0.39 is 0 Å². The molecule has 94 valence electrons. The molecule has 0 radical (unpaired) electrons. The fraction of sp³-hybridized carbons (Fsp3) is 0.692. The average molecular weight is 236 g/mol. The summed E-state index contributed by atoms with van der Waals surface area (Å²) in [6.45, 7) is 6.92. The highest BCUT2D eigenvalue weighted by Crippen LogP contribution is 2.21. The maximum Gasteiger partial charge on any atom is 0.245 e. The Balaban J connectivity index is 1.77. The minimum absolute atomic E-state index is 0.0284. The molecule has 0 aliphatic carbocycles. The van der Waals surface area contributed by atoms with Gasteiger partial charge in [-0.1, -0.05) is 6.58 Å². The lowest BCUT2D eigenvalue weighted by Gasteiger charge is -2.33. The lowest BCUT2D eigenvalue weighted by atomic mass is 9.96. The molecule has 0 aromatic carbocycles. The second-order valence-electron chi connectivity index (χ2n) is 4.92. The van der Waals surface area contributed by atoms with Gasteiger partial charge in [0.1, 0.15) is 0 Å². The van der Waals surface area contributed by atoms with Crippen LogP contribution in [0, 0.1) is 5.92 Å². The Bertz CT molecular complexity index is 319. The summed E-state index contributed by atoms with van der Waals surface area (Å²) in [6, 6.07) is 0. The van der Waals surface area contributed by atoms with Crippen molar-refractivity contribution in [2.75, 3.05) is 26.2 Å². The van der Waals surface area contributed by atoms with Crippen LogP contribution in [0.4, 0.5) is 0 Å². The highest BCUT2D eigenvalue weighted by molar-refractivity contribution is 5.87. The van der Waals surface area contributed by atoms with Gasteiger partial charge in [-0.15, -0.1) is 0 Å². The second-order valence-corrected chi connectivity index (χ2v) is 4.92. The summed E-state index contributed by atoms with van der Waals surface area (Å²) < 4.78 is 0. The van der Waals surface area contributed by atoms with Gasteiger partial charge in [0.15, 0.2) is 0 Å². The minimum atomic E-state index is 0.0284. The number of nitrogens with zero attached hydrogens (tertiary/aromatic N) is 2. The van der Waals surface area contributed by atoms with E-state index in [0.29, 0.717) is 18.2 Å². The van der Waals surface area contributed by atoms with Crippen LogP contribution in [-0.2, 0) is 9.59 Å². The van der Waals surface area contributed by atoms with Gasteiger partial charge in [0, 0.05) is 32.6 Å². The van der Waals surface area contributed by atoms with Gasteiger partial charge < -0.3 is 9.80 Å². The van der Waals surface area contributed by atoms with E-state index in [4.69, 9.17) is 0 Å². The molecule has 2 amide bonds. The summed E-state index contributed by atoms with van der Waals surface area (Å²) in [7, 11) is 0. The zero-order chi connectivity index (χ0) is 12.3. The quantitative estimate of drug-likeness (QED) is 0.687. The molecule has 2 heterocycles. The molecule has 0 atom stereocenters. The lowest BCUT2D eigenvalue weighted by molar-refractivity contribution is -0.130. The first-order valence-electron chi connectivity index (χ1n) is 6.40. The fourth-order valence-corrected chi connectivity index (χ4v) is 2.67. The van der Waals surface area contributed by atoms with Crippen molar-refractivity contribution < 1.29 is 9.59 Å². The number of amides is 2. The molecular weight excluding hydrogens is 216 g/mol. The van der Waals surface area contributed by atoms with Crippen molar-refractivity contribution in [2.45, 2.75) is 25.7 Å². The molecule has 0 aromatic rings. The first-order chi connectivity index (χ1) is 8.20. The van der Waals surface area contributed by atoms with Crippen LogP contribution in [0.2, 0.25) is 0 Å². The van der Waals surface area contributed by atoms with Gasteiger partial charge >= 0.3 is 0 Å². The molecule has 2 aliphatic heterocycles. The number of hydrogen-bond acceptors (Lipinski definition) is 2. The van der Waals surface area contributed by atoms with Crippen LogP contribution in [0.25, 0.3) is 0 Å². The molecule has 0 aromatic heterocycles. The standard InChI is InChI=1S/C13H20N2O2/c1-2-12(16)14-8-5-11(6-9-14)10-15-7-3-4-13(15)17/h2,11H,1,3-10H2. The predicted octanol–water partition coefficient (Wildman–Crippen LogP) is 1.03. The molecule has 2 aliphatic rings. The Kier molecular flexibility index (Phi) is 3.82. The van der Waals surface area contributed by atoms with Gasteiger partial charge in [-0.3, -0.25) is 9.59 Å². The molecule has 4 nitrogen and oxygen atoms in total. The zero-order valence-corrected chi connectivity index (χ0v) is 10.2. The van der Waals surface area contributed by atoms with E-state index >= 15 is 0 Å². The molecule has 0 spiro atoms. The number of hydrogen-bond donors (Lipinski definition) is 0. The van der Waals surface area contributed by atoms with E-state index in [0.717, 1.165) is 45.4 Å². The van der Waals surface area contributed by atoms with Crippen molar-refractivity contribution in [2.24, 2.45) is 5.92 Å². The van der Waals surface area contributed by atoms with Gasteiger partial charge in [-0.05, 0) is 31.3 Å². The van der Waals surface area contributed by atoms with Gasteiger partial charge in [0.2, 0.25) is 11.8 Å². The molecule has 0 bridgehead atoms. The topological polar surface area (TPSA) is 40.6 Å². The van der Waals surface area contributed by atoms with E-state index in [-0.39, 0.29) is 5.91 Å². The number of carbonyl (C=O) groups is 2. The largest absolute Gasteiger partial charge is 0.342 e. The smallest absolute Gasteiger partial charge is 0.245 e. The van der Waals surface area contributed by atoms with Crippen molar-refractivity contribution in [3.05, 3.63) is 12.7 Å². The lowest BCUT2D eigenvalue weighted by Crippen LogP contribution is -2.41. The molecule has 2 rings (SSSR count). The van der Waals surface area contributed by atoms with Crippen molar-refractivity contribution in [1.82, 2.24) is 9.80 Å². The van der Waals surface area contributed by atoms with Crippen LogP contribution >= 0.6 is 0 Å². The van der Waals surface area contributed by atoms with Crippen molar-refractivity contribution in [1.29, 1.82) is 0 Å². The fourth-order valence-electron chi connectivity index (χ4n) is 2.67. The Hall–Kier alpha value is -1.32. The number of piperidine rings is 1. The normalized spacial score (nSPS) is 22.0. The van der Waals surface area contributed by atoms with E-state index in [1.165, 1.54) is 6.08 Å². The number of likely N-dealkylation sites (tertiary alicyclic amines) is 2. The van der Waals surface area contributed by atoms with Crippen LogP contribution < -0.4 is 0 Å². The van der Waals surface area contributed by atoms with E-state index in [9.17, 15) is 9.59 Å². The van der Waals surface area contributed by atoms with Crippen LogP contribution in [-0.4, -0.2) is 47.8 Å². The average Bonchev–Trinajstić information content (AvgIpc) is 2.75. The van der Waals surface area contributed by atoms with Crippen molar-refractivity contribution in [3.8, 4) is 0 Å². The van der Waals surface area contributed by atoms with Gasteiger partial charge in [-0.25, -0.2) is 0 Å². The summed E-state index contributed by atoms with van der Waals surface area (Å²) in [5.41, 5.74) is 0. The van der Waals surface area contributed by atoms with Crippen LogP contribution in [0.1, 0.15) is 25.7 Å². The third kappa shape index (κ3) is 2.87. The summed E-state index contributed by atoms with van der Waals surface area (Å²) in [5.74, 6) is 0.890. The van der Waals surface area contributed by atoms with Crippen LogP contribution in [0.5, 0.6) is 0 Å². The van der Waals surface area contributed by atoms with Gasteiger partial charge in [-0.2, -0.15) is 0 Å². The van der Waals surface area contributed by atoms with Gasteiger partial charge in [0.05, 0.1) is 0 Å². The Morgan fingerprint density at radius 1 is 1.35 bits per heavy atom. The van der Waals surface area contributed by atoms with Crippen LogP contribution in [0.3, 0.4) is 0 Å². The maximum absolute atomic E-state index is 11.5. The third-order valence-electron chi connectivity index (χ3n) is 3.75. The molecule has 2 fully saturated rings. The predicted molar refractivity (Wildman–Crippen MR) is 65.3 cm³/mol. The van der Waals surface area contributed by atoms with Crippen molar-refractivity contribution in [3.63, 3.8) is 0 Å². The first-order valence-corrected chi connectivity index (χ1v) is 6.40. The molecule has 4 heteroatoms. The minimum Gasteiger partial charge on any atom is -0.342 e. The number of carbonyl (C=O) groups excluding carboxylic acids is 2. The van der Waals surface area contributed by atoms with Crippen LogP contribution in [0.15, 0.2) is 12.7 Å². The Labute approximate surface area is 102 Å².